The van der Waals surface area contributed by atoms with Crippen LogP contribution in [0.3, 0.4) is 0 Å². The van der Waals surface area contributed by atoms with E-state index in [0.29, 0.717) is 23.2 Å². The lowest BCUT2D eigenvalue weighted by atomic mass is 10.0. The van der Waals surface area contributed by atoms with Crippen LogP contribution in [0, 0.1) is 0 Å². The first-order chi connectivity index (χ1) is 20.2. The molecular formula is C37H60O4Si2. The Morgan fingerprint density at radius 2 is 1.35 bits per heavy atom. The third kappa shape index (κ3) is 8.52. The van der Waals surface area contributed by atoms with Crippen molar-refractivity contribution in [2.75, 3.05) is 6.61 Å². The molecule has 0 aromatic heterocycles. The predicted octanol–water partition coefficient (Wildman–Crippen LogP) is 8.74. The zero-order valence-electron chi connectivity index (χ0n) is 28.7. The number of hydrogen-bond acceptors (Lipinski definition) is 4. The molecule has 0 amide bonds. The largest absolute Gasteiger partial charge is 0.495 e. The fourth-order valence-corrected chi connectivity index (χ4v) is 17.7. The standard InChI is InChI=1S/C37H60O4Si2/c1-28(2)42(29(3)4,30(5)6)41-34-26-32(19-17-18-31(7)38)40-33(27-34)24-25-39-43(37(8,9)10,35-20-13-11-14-21-35)36-22-15-12-16-23-36/h11-16,20-23,26,28-31,33-34,38H,17-19,24-25,27H2,1-10H3/t31-,33-,34-/m0/s1. The highest BCUT2D eigenvalue weighted by Gasteiger charge is 2.50. The quantitative estimate of drug-likeness (QED) is 0.201. The second-order valence-electron chi connectivity index (χ2n) is 14.6. The average Bonchev–Trinajstić information content (AvgIpc) is 2.93. The summed E-state index contributed by atoms with van der Waals surface area (Å²) in [5.74, 6) is 1.02. The van der Waals surface area contributed by atoms with Crippen molar-refractivity contribution in [3.05, 3.63) is 72.5 Å². The molecule has 0 unspecified atom stereocenters. The lowest BCUT2D eigenvalue weighted by Crippen LogP contribution is -2.66. The molecule has 1 aliphatic rings. The van der Waals surface area contributed by atoms with Crippen LogP contribution in [-0.4, -0.2) is 46.7 Å². The van der Waals surface area contributed by atoms with E-state index in [-0.39, 0.29) is 23.4 Å². The highest BCUT2D eigenvalue weighted by molar-refractivity contribution is 6.99. The number of ether oxygens (including phenoxy) is 1. The second kappa shape index (κ2) is 15.5. The normalized spacial score (nSPS) is 19.1. The van der Waals surface area contributed by atoms with Crippen LogP contribution in [-0.2, 0) is 13.6 Å². The van der Waals surface area contributed by atoms with Gasteiger partial charge in [-0.15, -0.1) is 0 Å². The van der Waals surface area contributed by atoms with E-state index in [4.69, 9.17) is 13.6 Å². The van der Waals surface area contributed by atoms with E-state index in [9.17, 15) is 5.11 Å². The molecule has 6 heteroatoms. The number of allylic oxidation sites excluding steroid dienone is 1. The molecule has 0 radical (unpaired) electrons. The summed E-state index contributed by atoms with van der Waals surface area (Å²) in [7, 11) is -4.67. The van der Waals surface area contributed by atoms with E-state index in [1.165, 1.54) is 10.4 Å². The maximum atomic E-state index is 9.88. The minimum Gasteiger partial charge on any atom is -0.495 e. The van der Waals surface area contributed by atoms with Crippen LogP contribution < -0.4 is 10.4 Å². The van der Waals surface area contributed by atoms with E-state index in [1.54, 1.807) is 0 Å². The number of aliphatic hydroxyl groups excluding tert-OH is 1. The lowest BCUT2D eigenvalue weighted by molar-refractivity contribution is 0.0277. The summed E-state index contributed by atoms with van der Waals surface area (Å²) < 4.78 is 21.2. The van der Waals surface area contributed by atoms with Crippen molar-refractivity contribution >= 4 is 27.0 Å². The maximum Gasteiger partial charge on any atom is 0.261 e. The van der Waals surface area contributed by atoms with Crippen LogP contribution in [0.5, 0.6) is 0 Å². The zero-order valence-corrected chi connectivity index (χ0v) is 30.7. The summed E-state index contributed by atoms with van der Waals surface area (Å²) in [6, 6.07) is 21.7. The molecule has 4 nitrogen and oxygen atoms in total. The fraction of sp³-hybridized carbons (Fsp3) is 0.622. The van der Waals surface area contributed by atoms with Gasteiger partial charge in [-0.2, -0.15) is 0 Å². The summed E-state index contributed by atoms with van der Waals surface area (Å²) in [6.07, 6.45) is 6.23. The van der Waals surface area contributed by atoms with Crippen molar-refractivity contribution in [1.82, 2.24) is 0 Å². The Morgan fingerprint density at radius 1 is 0.837 bits per heavy atom. The Labute approximate surface area is 265 Å². The van der Waals surface area contributed by atoms with Crippen LogP contribution in [0.4, 0.5) is 0 Å². The van der Waals surface area contributed by atoms with Crippen molar-refractivity contribution in [3.8, 4) is 0 Å². The Morgan fingerprint density at radius 3 is 1.79 bits per heavy atom. The Bertz CT molecular complexity index is 1060. The van der Waals surface area contributed by atoms with E-state index in [2.05, 4.69) is 129 Å². The van der Waals surface area contributed by atoms with Gasteiger partial charge in [-0.05, 0) is 57.9 Å². The Kier molecular flexibility index (Phi) is 12.9. The third-order valence-corrected chi connectivity index (χ3v) is 20.6. The Hall–Kier alpha value is -1.71. The predicted molar refractivity (Wildman–Crippen MR) is 187 cm³/mol. The summed E-state index contributed by atoms with van der Waals surface area (Å²) in [5.41, 5.74) is 1.58. The van der Waals surface area contributed by atoms with Crippen LogP contribution >= 0.6 is 0 Å². The van der Waals surface area contributed by atoms with Crippen molar-refractivity contribution in [2.24, 2.45) is 0 Å². The first kappa shape index (κ1) is 35.8. The van der Waals surface area contributed by atoms with Gasteiger partial charge in [0.15, 0.2) is 0 Å². The van der Waals surface area contributed by atoms with E-state index >= 15 is 0 Å². The molecule has 1 N–H and O–H groups in total. The van der Waals surface area contributed by atoms with Crippen LogP contribution in [0.25, 0.3) is 0 Å². The number of benzene rings is 2. The smallest absolute Gasteiger partial charge is 0.261 e. The summed E-state index contributed by atoms with van der Waals surface area (Å²) in [4.78, 5) is 0. The van der Waals surface area contributed by atoms with Gasteiger partial charge in [0.05, 0.1) is 18.0 Å². The van der Waals surface area contributed by atoms with Crippen molar-refractivity contribution in [1.29, 1.82) is 0 Å². The zero-order chi connectivity index (χ0) is 31.8. The molecule has 2 aromatic rings. The van der Waals surface area contributed by atoms with Crippen molar-refractivity contribution < 1.29 is 18.7 Å². The van der Waals surface area contributed by atoms with Gasteiger partial charge in [-0.25, -0.2) is 0 Å². The summed E-state index contributed by atoms with van der Waals surface area (Å²) >= 11 is 0. The highest BCUT2D eigenvalue weighted by atomic mass is 28.4. The molecule has 0 saturated heterocycles. The highest BCUT2D eigenvalue weighted by Crippen LogP contribution is 2.44. The molecule has 0 spiro atoms. The molecule has 2 aromatic carbocycles. The van der Waals surface area contributed by atoms with Gasteiger partial charge in [0.1, 0.15) is 6.10 Å². The molecule has 0 saturated carbocycles. The Balaban J connectivity index is 1.88. The third-order valence-electron chi connectivity index (χ3n) is 9.47. The first-order valence-electron chi connectivity index (χ1n) is 16.7. The average molecular weight is 625 g/mol. The second-order valence-corrected chi connectivity index (χ2v) is 24.3. The topological polar surface area (TPSA) is 47.9 Å². The molecule has 0 aliphatic carbocycles. The van der Waals surface area contributed by atoms with Gasteiger partial charge in [0, 0.05) is 25.9 Å². The molecule has 3 rings (SSSR count). The first-order valence-corrected chi connectivity index (χ1v) is 20.8. The van der Waals surface area contributed by atoms with Gasteiger partial charge in [-0.1, -0.05) is 123 Å². The van der Waals surface area contributed by atoms with E-state index in [0.717, 1.165) is 37.9 Å². The van der Waals surface area contributed by atoms with Gasteiger partial charge in [0.25, 0.3) is 8.32 Å². The van der Waals surface area contributed by atoms with E-state index < -0.39 is 16.6 Å². The number of aliphatic hydroxyl groups is 1. The number of hydrogen-bond donors (Lipinski definition) is 1. The van der Waals surface area contributed by atoms with Gasteiger partial charge >= 0.3 is 0 Å². The van der Waals surface area contributed by atoms with Crippen LogP contribution in [0.2, 0.25) is 21.7 Å². The molecular weight excluding hydrogens is 565 g/mol. The monoisotopic (exact) mass is 624 g/mol. The van der Waals surface area contributed by atoms with Crippen molar-refractivity contribution in [2.45, 2.75) is 141 Å². The van der Waals surface area contributed by atoms with Crippen LogP contribution in [0.1, 0.15) is 101 Å². The van der Waals surface area contributed by atoms with E-state index in [1.807, 2.05) is 6.92 Å². The lowest BCUT2D eigenvalue weighted by Gasteiger charge is -2.46. The minimum atomic E-state index is -2.61. The molecule has 0 bridgehead atoms. The summed E-state index contributed by atoms with van der Waals surface area (Å²) in [5, 5.41) is 12.4. The van der Waals surface area contributed by atoms with Gasteiger partial charge in [0.2, 0.25) is 8.32 Å². The molecule has 0 fully saturated rings. The molecule has 43 heavy (non-hydrogen) atoms. The molecule has 1 aliphatic heterocycles. The minimum absolute atomic E-state index is 0.0351. The van der Waals surface area contributed by atoms with Crippen molar-refractivity contribution in [3.63, 3.8) is 0 Å². The summed E-state index contributed by atoms with van der Waals surface area (Å²) in [6.45, 7) is 23.6. The molecule has 3 atom stereocenters. The van der Waals surface area contributed by atoms with Gasteiger partial charge in [-0.3, -0.25) is 0 Å². The number of rotatable bonds is 15. The maximum absolute atomic E-state index is 9.88. The molecule has 1 heterocycles. The SMILES string of the molecule is CC(C)[Si](O[C@H]1C=C(CCC[C@H](C)O)O[C@@H](CCO[Si](c2ccccc2)(c2ccccc2)C(C)(C)C)C1)(C(C)C)C(C)C. The van der Waals surface area contributed by atoms with Crippen LogP contribution in [0.15, 0.2) is 72.5 Å². The fourth-order valence-electron chi connectivity index (χ4n) is 7.58. The molecule has 240 valence electrons. The van der Waals surface area contributed by atoms with Gasteiger partial charge < -0.3 is 18.7 Å².